The molecule has 0 radical (unpaired) electrons. The monoisotopic (exact) mass is 376 g/mol. The maximum Gasteiger partial charge on any atom is 0.229 e. The second-order valence-corrected chi connectivity index (χ2v) is 6.62. The van der Waals surface area contributed by atoms with Crippen molar-refractivity contribution in [1.82, 2.24) is 9.97 Å². The third kappa shape index (κ3) is 4.93. The van der Waals surface area contributed by atoms with Crippen molar-refractivity contribution in [3.63, 3.8) is 0 Å². The number of anilines is 3. The first kappa shape index (κ1) is 17.7. The van der Waals surface area contributed by atoms with Crippen molar-refractivity contribution in [1.29, 1.82) is 0 Å². The molecule has 0 bridgehead atoms. The molecule has 0 unspecified atom stereocenters. The molecule has 1 N–H and O–H groups in total. The van der Waals surface area contributed by atoms with E-state index in [0.717, 1.165) is 47.6 Å². The fourth-order valence-corrected chi connectivity index (χ4v) is 2.83. The fraction of sp³-hybridized carbons (Fsp3) is 0.444. The van der Waals surface area contributed by atoms with Gasteiger partial charge in [-0.2, -0.15) is 4.98 Å². The Morgan fingerprint density at radius 3 is 2.35 bits per heavy atom. The Kier molecular flexibility index (Phi) is 6.39. The van der Waals surface area contributed by atoms with Crippen LogP contribution in [0.1, 0.15) is 37.9 Å². The lowest BCUT2D eigenvalue weighted by molar-refractivity contribution is 0.732. The molecule has 0 aliphatic carbocycles. The molecule has 2 rings (SSSR count). The Morgan fingerprint density at radius 2 is 1.74 bits per heavy atom. The molecule has 124 valence electrons. The minimum Gasteiger partial charge on any atom is -0.356 e. The summed E-state index contributed by atoms with van der Waals surface area (Å²) in [6.07, 6.45) is 2.22. The van der Waals surface area contributed by atoms with Gasteiger partial charge in [0.2, 0.25) is 5.95 Å². The Morgan fingerprint density at radius 1 is 1.04 bits per heavy atom. The van der Waals surface area contributed by atoms with Crippen molar-refractivity contribution in [2.75, 3.05) is 23.3 Å². The van der Waals surface area contributed by atoms with Crippen LogP contribution >= 0.6 is 15.9 Å². The lowest BCUT2D eigenvalue weighted by atomic mass is 10.2. The van der Waals surface area contributed by atoms with E-state index in [2.05, 4.69) is 70.1 Å². The molecule has 5 heteroatoms. The van der Waals surface area contributed by atoms with Gasteiger partial charge in [0.25, 0.3) is 0 Å². The summed E-state index contributed by atoms with van der Waals surface area (Å²) in [6, 6.07) is 8.23. The maximum atomic E-state index is 4.71. The number of nitrogens with zero attached hydrogens (tertiary/aromatic N) is 3. The molecule has 0 aliphatic heterocycles. The van der Waals surface area contributed by atoms with Gasteiger partial charge in [-0.05, 0) is 44.4 Å². The van der Waals surface area contributed by atoms with Crippen molar-refractivity contribution in [2.24, 2.45) is 0 Å². The number of nitrogens with one attached hydrogen (secondary N) is 1. The standard InChI is InChI=1S/C18H25BrN4/c1-5-9-23(10-6-2)17-11-14(4)20-18(22-17)21-15-8-7-13(3)16(19)12-15/h7-8,11-12H,5-6,9-10H2,1-4H3,(H,20,21,22). The number of hydrogen-bond acceptors (Lipinski definition) is 4. The van der Waals surface area contributed by atoms with Gasteiger partial charge in [0.15, 0.2) is 0 Å². The van der Waals surface area contributed by atoms with E-state index >= 15 is 0 Å². The molecule has 4 nitrogen and oxygen atoms in total. The van der Waals surface area contributed by atoms with Gasteiger partial charge in [-0.1, -0.05) is 35.8 Å². The van der Waals surface area contributed by atoms with Gasteiger partial charge in [-0.15, -0.1) is 0 Å². The van der Waals surface area contributed by atoms with E-state index in [0.29, 0.717) is 5.95 Å². The summed E-state index contributed by atoms with van der Waals surface area (Å²) in [5.74, 6) is 1.64. The van der Waals surface area contributed by atoms with E-state index < -0.39 is 0 Å². The van der Waals surface area contributed by atoms with Crippen LogP contribution in [0.2, 0.25) is 0 Å². The summed E-state index contributed by atoms with van der Waals surface area (Å²) in [5.41, 5.74) is 3.16. The molecule has 23 heavy (non-hydrogen) atoms. The van der Waals surface area contributed by atoms with Crippen molar-refractivity contribution in [2.45, 2.75) is 40.5 Å². The quantitative estimate of drug-likeness (QED) is 0.718. The predicted octanol–water partition coefficient (Wildman–Crippen LogP) is 5.23. The van der Waals surface area contributed by atoms with E-state index in [1.807, 2.05) is 13.0 Å². The van der Waals surface area contributed by atoms with Crippen molar-refractivity contribution < 1.29 is 0 Å². The van der Waals surface area contributed by atoms with Crippen LogP contribution in [0.5, 0.6) is 0 Å². The summed E-state index contributed by atoms with van der Waals surface area (Å²) < 4.78 is 1.08. The van der Waals surface area contributed by atoms with Crippen LogP contribution in [0.4, 0.5) is 17.5 Å². The zero-order valence-electron chi connectivity index (χ0n) is 14.4. The van der Waals surface area contributed by atoms with Crippen LogP contribution in [-0.2, 0) is 0 Å². The Hall–Kier alpha value is -1.62. The first-order valence-corrected chi connectivity index (χ1v) is 8.96. The van der Waals surface area contributed by atoms with Gasteiger partial charge in [0.05, 0.1) is 0 Å². The average molecular weight is 377 g/mol. The normalized spacial score (nSPS) is 10.7. The Balaban J connectivity index is 2.26. The van der Waals surface area contributed by atoms with Crippen LogP contribution in [0, 0.1) is 13.8 Å². The van der Waals surface area contributed by atoms with Crippen LogP contribution in [0.15, 0.2) is 28.7 Å². The predicted molar refractivity (Wildman–Crippen MR) is 102 cm³/mol. The minimum atomic E-state index is 0.646. The maximum absolute atomic E-state index is 4.71. The highest BCUT2D eigenvalue weighted by atomic mass is 79.9. The molecular weight excluding hydrogens is 352 g/mol. The van der Waals surface area contributed by atoms with Gasteiger partial charge in [-0.3, -0.25) is 0 Å². The molecular formula is C18H25BrN4. The Bertz CT molecular complexity index is 651. The highest BCUT2D eigenvalue weighted by Gasteiger charge is 2.10. The van der Waals surface area contributed by atoms with Gasteiger partial charge in [-0.25, -0.2) is 4.98 Å². The molecule has 0 saturated heterocycles. The van der Waals surface area contributed by atoms with Crippen LogP contribution in [0.25, 0.3) is 0 Å². The minimum absolute atomic E-state index is 0.646. The number of aromatic nitrogens is 2. The van der Waals surface area contributed by atoms with E-state index in [9.17, 15) is 0 Å². The van der Waals surface area contributed by atoms with Gasteiger partial charge < -0.3 is 10.2 Å². The summed E-state index contributed by atoms with van der Waals surface area (Å²) in [7, 11) is 0. The van der Waals surface area contributed by atoms with Crippen LogP contribution in [-0.4, -0.2) is 23.1 Å². The zero-order chi connectivity index (χ0) is 16.8. The number of benzene rings is 1. The summed E-state index contributed by atoms with van der Waals surface area (Å²) in [4.78, 5) is 11.6. The molecule has 0 fully saturated rings. The third-order valence-electron chi connectivity index (χ3n) is 3.58. The molecule has 0 atom stereocenters. The van der Waals surface area contributed by atoms with E-state index in [1.54, 1.807) is 0 Å². The van der Waals surface area contributed by atoms with Crippen LogP contribution < -0.4 is 10.2 Å². The lowest BCUT2D eigenvalue weighted by Gasteiger charge is -2.23. The van der Waals surface area contributed by atoms with Gasteiger partial charge in [0, 0.05) is 35.0 Å². The second kappa shape index (κ2) is 8.29. The molecule has 0 spiro atoms. The number of aryl methyl sites for hydroxylation is 2. The second-order valence-electron chi connectivity index (χ2n) is 5.77. The molecule has 2 aromatic rings. The first-order valence-electron chi connectivity index (χ1n) is 8.17. The number of halogens is 1. The molecule has 1 aromatic carbocycles. The highest BCUT2D eigenvalue weighted by molar-refractivity contribution is 9.10. The van der Waals surface area contributed by atoms with Crippen LogP contribution in [0.3, 0.4) is 0 Å². The van der Waals surface area contributed by atoms with Gasteiger partial charge >= 0.3 is 0 Å². The van der Waals surface area contributed by atoms with E-state index in [1.165, 1.54) is 5.56 Å². The van der Waals surface area contributed by atoms with E-state index in [4.69, 9.17) is 4.98 Å². The molecule has 0 aliphatic rings. The van der Waals surface area contributed by atoms with Gasteiger partial charge in [0.1, 0.15) is 5.82 Å². The smallest absolute Gasteiger partial charge is 0.229 e. The third-order valence-corrected chi connectivity index (χ3v) is 4.43. The molecule has 0 saturated carbocycles. The Labute approximate surface area is 147 Å². The first-order chi connectivity index (χ1) is 11.0. The molecule has 0 amide bonds. The largest absolute Gasteiger partial charge is 0.356 e. The molecule has 1 heterocycles. The summed E-state index contributed by atoms with van der Waals surface area (Å²) in [6.45, 7) is 10.5. The summed E-state index contributed by atoms with van der Waals surface area (Å²) >= 11 is 3.56. The fourth-order valence-electron chi connectivity index (χ4n) is 2.45. The SMILES string of the molecule is CCCN(CCC)c1cc(C)nc(Nc2ccc(C)c(Br)c2)n1. The molecule has 1 aromatic heterocycles. The number of rotatable bonds is 7. The van der Waals surface area contributed by atoms with Crippen molar-refractivity contribution in [3.05, 3.63) is 40.0 Å². The topological polar surface area (TPSA) is 41.1 Å². The highest BCUT2D eigenvalue weighted by Crippen LogP contribution is 2.23. The number of hydrogen-bond donors (Lipinski definition) is 1. The van der Waals surface area contributed by atoms with Crippen molar-refractivity contribution in [3.8, 4) is 0 Å². The van der Waals surface area contributed by atoms with Crippen molar-refractivity contribution >= 4 is 33.4 Å². The van der Waals surface area contributed by atoms with E-state index in [-0.39, 0.29) is 0 Å². The summed E-state index contributed by atoms with van der Waals surface area (Å²) in [5, 5.41) is 3.31. The average Bonchev–Trinajstić information content (AvgIpc) is 2.50. The lowest BCUT2D eigenvalue weighted by Crippen LogP contribution is -2.26. The zero-order valence-corrected chi connectivity index (χ0v) is 15.9.